The van der Waals surface area contributed by atoms with Crippen LogP contribution in [-0.2, 0) is 4.74 Å². The molecule has 1 heterocycles. The van der Waals surface area contributed by atoms with Gasteiger partial charge in [0.25, 0.3) is 0 Å². The lowest BCUT2D eigenvalue weighted by atomic mass is 10.2. The quantitative estimate of drug-likeness (QED) is 0.813. The first-order chi connectivity index (χ1) is 10.5. The molecule has 0 saturated heterocycles. The third-order valence-corrected chi connectivity index (χ3v) is 3.68. The monoisotopic (exact) mass is 324 g/mol. The summed E-state index contributed by atoms with van der Waals surface area (Å²) in [7, 11) is 1.56. The van der Waals surface area contributed by atoms with Gasteiger partial charge in [-0.1, -0.05) is 16.8 Å². The van der Waals surface area contributed by atoms with Crippen molar-refractivity contribution in [3.05, 3.63) is 40.7 Å². The molecule has 6 nitrogen and oxygen atoms in total. The molecule has 0 bridgehead atoms. The van der Waals surface area contributed by atoms with Crippen LogP contribution in [0.3, 0.4) is 0 Å². The molecule has 0 fully saturated rings. The minimum atomic E-state index is -0.543. The Morgan fingerprint density at radius 3 is 2.68 bits per heavy atom. The lowest BCUT2D eigenvalue weighted by Crippen LogP contribution is -2.32. The number of aromatic nitrogens is 3. The number of ether oxygens (including phenoxy) is 1. The van der Waals surface area contributed by atoms with E-state index in [4.69, 9.17) is 16.3 Å². The van der Waals surface area contributed by atoms with Gasteiger partial charge in [-0.3, -0.25) is 0 Å². The number of hydrogen-bond donors (Lipinski definition) is 2. The fourth-order valence-electron chi connectivity index (χ4n) is 2.23. The van der Waals surface area contributed by atoms with E-state index in [2.05, 4.69) is 15.6 Å². The minimum absolute atomic E-state index is 0.0208. The van der Waals surface area contributed by atoms with E-state index < -0.39 is 6.10 Å². The van der Waals surface area contributed by atoms with Crippen molar-refractivity contribution in [2.45, 2.75) is 26.0 Å². The Morgan fingerprint density at radius 2 is 2.05 bits per heavy atom. The number of rotatable bonds is 7. The number of halogens is 1. The van der Waals surface area contributed by atoms with Crippen molar-refractivity contribution in [3.8, 4) is 5.69 Å². The van der Waals surface area contributed by atoms with Gasteiger partial charge in [0.15, 0.2) is 0 Å². The maximum atomic E-state index is 9.68. The van der Waals surface area contributed by atoms with Gasteiger partial charge < -0.3 is 15.2 Å². The highest BCUT2D eigenvalue weighted by molar-refractivity contribution is 6.30. The van der Waals surface area contributed by atoms with Gasteiger partial charge in [0, 0.05) is 18.7 Å². The summed E-state index contributed by atoms with van der Waals surface area (Å²) in [6.07, 6.45) is -0.543. The van der Waals surface area contributed by atoms with Crippen molar-refractivity contribution in [2.75, 3.05) is 20.3 Å². The second-order valence-electron chi connectivity index (χ2n) is 5.19. The zero-order valence-corrected chi connectivity index (χ0v) is 13.7. The molecule has 2 unspecified atom stereocenters. The molecule has 0 aliphatic carbocycles. The number of methoxy groups -OCH3 is 1. The van der Waals surface area contributed by atoms with Crippen LogP contribution >= 0.6 is 11.6 Å². The van der Waals surface area contributed by atoms with Crippen LogP contribution in [0.2, 0.25) is 5.02 Å². The predicted molar refractivity (Wildman–Crippen MR) is 85.4 cm³/mol. The summed E-state index contributed by atoms with van der Waals surface area (Å²) in [6, 6.07) is 7.41. The highest BCUT2D eigenvalue weighted by Crippen LogP contribution is 2.19. The van der Waals surface area contributed by atoms with Gasteiger partial charge in [0.1, 0.15) is 5.69 Å². The molecule has 2 atom stereocenters. The third kappa shape index (κ3) is 4.04. The average molecular weight is 325 g/mol. The number of aliphatic hydroxyl groups is 1. The molecule has 7 heteroatoms. The van der Waals surface area contributed by atoms with Gasteiger partial charge in [-0.15, -0.1) is 5.10 Å². The Bertz CT molecular complexity index is 600. The number of hydrogen-bond acceptors (Lipinski definition) is 5. The Morgan fingerprint density at radius 1 is 1.36 bits per heavy atom. The van der Waals surface area contributed by atoms with E-state index in [1.165, 1.54) is 0 Å². The molecule has 1 aromatic carbocycles. The number of aliphatic hydroxyl groups excluding tert-OH is 1. The van der Waals surface area contributed by atoms with Crippen molar-refractivity contribution >= 4 is 11.6 Å². The maximum Gasteiger partial charge on any atom is 0.103 e. The maximum absolute atomic E-state index is 9.68. The summed E-state index contributed by atoms with van der Waals surface area (Å²) in [5.41, 5.74) is 2.70. The molecule has 120 valence electrons. The van der Waals surface area contributed by atoms with Crippen molar-refractivity contribution in [3.63, 3.8) is 0 Å². The number of benzene rings is 1. The fourth-order valence-corrected chi connectivity index (χ4v) is 2.36. The van der Waals surface area contributed by atoms with E-state index in [1.807, 2.05) is 38.1 Å². The van der Waals surface area contributed by atoms with E-state index in [0.29, 0.717) is 18.2 Å². The molecule has 0 aliphatic heterocycles. The summed E-state index contributed by atoms with van der Waals surface area (Å²) >= 11 is 5.90. The Labute approximate surface area is 135 Å². The second-order valence-corrected chi connectivity index (χ2v) is 5.62. The molecule has 0 aliphatic rings. The van der Waals surface area contributed by atoms with Crippen LogP contribution in [0.25, 0.3) is 5.69 Å². The Balaban J connectivity index is 2.08. The molecule has 2 N–H and O–H groups in total. The van der Waals surface area contributed by atoms with E-state index in [1.54, 1.807) is 11.8 Å². The zero-order valence-electron chi connectivity index (χ0n) is 13.0. The average Bonchev–Trinajstić information content (AvgIpc) is 2.88. The van der Waals surface area contributed by atoms with Crippen molar-refractivity contribution in [1.29, 1.82) is 0 Å². The van der Waals surface area contributed by atoms with Crippen LogP contribution in [0.15, 0.2) is 24.3 Å². The summed E-state index contributed by atoms with van der Waals surface area (Å²) in [5.74, 6) is 0. The van der Waals surface area contributed by atoms with Crippen LogP contribution in [0.1, 0.15) is 24.4 Å². The SMILES string of the molecule is COCC(O)CNC(C)c1nnn(-c2ccc(Cl)cc2)c1C. The second kappa shape index (κ2) is 7.69. The number of nitrogens with one attached hydrogen (secondary N) is 1. The summed E-state index contributed by atoms with van der Waals surface area (Å²) < 4.78 is 6.68. The van der Waals surface area contributed by atoms with Gasteiger partial charge >= 0.3 is 0 Å². The van der Waals surface area contributed by atoms with Crippen LogP contribution in [0, 0.1) is 6.92 Å². The predicted octanol–water partition coefficient (Wildman–Crippen LogP) is 1.89. The highest BCUT2D eigenvalue weighted by Gasteiger charge is 2.17. The minimum Gasteiger partial charge on any atom is -0.389 e. The normalized spacial score (nSPS) is 14.0. The molecule has 2 aromatic rings. The summed E-state index contributed by atoms with van der Waals surface area (Å²) in [4.78, 5) is 0. The molecule has 1 aromatic heterocycles. The lowest BCUT2D eigenvalue weighted by molar-refractivity contribution is 0.0629. The van der Waals surface area contributed by atoms with Crippen LogP contribution in [0.5, 0.6) is 0 Å². The third-order valence-electron chi connectivity index (χ3n) is 3.43. The molecular formula is C15H21ClN4O2. The van der Waals surface area contributed by atoms with E-state index in [0.717, 1.165) is 17.1 Å². The fraction of sp³-hybridized carbons (Fsp3) is 0.467. The first kappa shape index (κ1) is 16.9. The smallest absolute Gasteiger partial charge is 0.103 e. The molecule has 22 heavy (non-hydrogen) atoms. The molecule has 0 spiro atoms. The van der Waals surface area contributed by atoms with E-state index >= 15 is 0 Å². The van der Waals surface area contributed by atoms with Gasteiger partial charge in [0.05, 0.1) is 30.1 Å². The largest absolute Gasteiger partial charge is 0.389 e. The van der Waals surface area contributed by atoms with Crippen LogP contribution in [0.4, 0.5) is 0 Å². The van der Waals surface area contributed by atoms with Gasteiger partial charge in [-0.2, -0.15) is 0 Å². The standard InChI is InChI=1S/C15H21ClN4O2/c1-10(17-8-14(21)9-22-3)15-11(2)20(19-18-15)13-6-4-12(16)5-7-13/h4-7,10,14,17,21H,8-9H2,1-3H3. The number of nitrogens with zero attached hydrogens (tertiary/aromatic N) is 3. The summed E-state index contributed by atoms with van der Waals surface area (Å²) in [6.45, 7) is 4.69. The highest BCUT2D eigenvalue weighted by atomic mass is 35.5. The first-order valence-electron chi connectivity index (χ1n) is 7.11. The molecular weight excluding hydrogens is 304 g/mol. The first-order valence-corrected chi connectivity index (χ1v) is 7.49. The molecule has 0 radical (unpaired) electrons. The van der Waals surface area contributed by atoms with Gasteiger partial charge in [-0.05, 0) is 38.1 Å². The van der Waals surface area contributed by atoms with Crippen LogP contribution in [-0.4, -0.2) is 46.5 Å². The topological polar surface area (TPSA) is 72.2 Å². The molecule has 0 amide bonds. The Kier molecular flexibility index (Phi) is 5.90. The van der Waals surface area contributed by atoms with Crippen molar-refractivity contribution < 1.29 is 9.84 Å². The van der Waals surface area contributed by atoms with Crippen molar-refractivity contribution in [2.24, 2.45) is 0 Å². The van der Waals surface area contributed by atoms with E-state index in [9.17, 15) is 5.11 Å². The van der Waals surface area contributed by atoms with Gasteiger partial charge in [0.2, 0.25) is 0 Å². The Hall–Kier alpha value is -1.47. The van der Waals surface area contributed by atoms with Gasteiger partial charge in [-0.25, -0.2) is 4.68 Å². The summed E-state index contributed by atoms with van der Waals surface area (Å²) in [5, 5.41) is 22.0. The zero-order chi connectivity index (χ0) is 16.1. The van der Waals surface area contributed by atoms with Crippen LogP contribution < -0.4 is 5.32 Å². The molecule has 2 rings (SSSR count). The lowest BCUT2D eigenvalue weighted by Gasteiger charge is -2.15. The van der Waals surface area contributed by atoms with Crippen molar-refractivity contribution in [1.82, 2.24) is 20.3 Å². The van der Waals surface area contributed by atoms with E-state index in [-0.39, 0.29) is 6.04 Å². The molecule has 0 saturated carbocycles.